The van der Waals surface area contributed by atoms with Crippen molar-refractivity contribution in [2.24, 2.45) is 5.73 Å². The number of aromatic nitrogens is 1. The third-order valence-electron chi connectivity index (χ3n) is 3.51. The standard InChI is InChI=1S/C17H25N3O/c1-5-20(12-14-7-6-8-21-14)16-10-13(11-18)9-15(19-16)17(2,3)4/h6-10H,5,11-12,18H2,1-4H3. The Bertz CT molecular complexity index is 570. The van der Waals surface area contributed by atoms with Crippen LogP contribution in [0.4, 0.5) is 5.82 Å². The van der Waals surface area contributed by atoms with Gasteiger partial charge in [0.25, 0.3) is 0 Å². The van der Waals surface area contributed by atoms with Crippen LogP contribution in [0.2, 0.25) is 0 Å². The molecule has 2 aromatic rings. The molecule has 0 saturated heterocycles. The first-order valence-corrected chi connectivity index (χ1v) is 7.43. The quantitative estimate of drug-likeness (QED) is 0.915. The Labute approximate surface area is 127 Å². The van der Waals surface area contributed by atoms with Gasteiger partial charge in [0.2, 0.25) is 0 Å². The molecule has 0 unspecified atom stereocenters. The van der Waals surface area contributed by atoms with Crippen LogP contribution >= 0.6 is 0 Å². The molecule has 2 heterocycles. The molecule has 0 amide bonds. The van der Waals surface area contributed by atoms with Gasteiger partial charge in [-0.15, -0.1) is 0 Å². The van der Waals surface area contributed by atoms with Crippen LogP contribution in [0.1, 0.15) is 44.7 Å². The van der Waals surface area contributed by atoms with E-state index in [1.807, 2.05) is 12.1 Å². The van der Waals surface area contributed by atoms with E-state index in [-0.39, 0.29) is 5.41 Å². The summed E-state index contributed by atoms with van der Waals surface area (Å²) < 4.78 is 5.45. The van der Waals surface area contributed by atoms with Crippen molar-refractivity contribution in [3.05, 3.63) is 47.5 Å². The van der Waals surface area contributed by atoms with Gasteiger partial charge in [-0.05, 0) is 36.8 Å². The van der Waals surface area contributed by atoms with Crippen molar-refractivity contribution >= 4 is 5.82 Å². The highest BCUT2D eigenvalue weighted by atomic mass is 16.3. The lowest BCUT2D eigenvalue weighted by Gasteiger charge is -2.25. The minimum atomic E-state index is 0.00399. The van der Waals surface area contributed by atoms with Crippen molar-refractivity contribution < 1.29 is 4.42 Å². The summed E-state index contributed by atoms with van der Waals surface area (Å²) in [5, 5.41) is 0. The van der Waals surface area contributed by atoms with Gasteiger partial charge >= 0.3 is 0 Å². The summed E-state index contributed by atoms with van der Waals surface area (Å²) in [7, 11) is 0. The zero-order valence-corrected chi connectivity index (χ0v) is 13.4. The van der Waals surface area contributed by atoms with Crippen LogP contribution in [-0.4, -0.2) is 11.5 Å². The van der Waals surface area contributed by atoms with E-state index < -0.39 is 0 Å². The summed E-state index contributed by atoms with van der Waals surface area (Å²) in [6, 6.07) is 8.07. The molecule has 0 saturated carbocycles. The fourth-order valence-electron chi connectivity index (χ4n) is 2.18. The number of hydrogen-bond acceptors (Lipinski definition) is 4. The van der Waals surface area contributed by atoms with Crippen molar-refractivity contribution in [1.29, 1.82) is 0 Å². The minimum Gasteiger partial charge on any atom is -0.467 e. The fourth-order valence-corrected chi connectivity index (χ4v) is 2.18. The highest BCUT2D eigenvalue weighted by molar-refractivity contribution is 5.44. The van der Waals surface area contributed by atoms with Crippen LogP contribution in [-0.2, 0) is 18.5 Å². The van der Waals surface area contributed by atoms with Crippen LogP contribution in [0.3, 0.4) is 0 Å². The molecule has 4 heteroatoms. The molecule has 0 fully saturated rings. The Morgan fingerprint density at radius 3 is 2.57 bits per heavy atom. The molecule has 0 aliphatic carbocycles. The summed E-state index contributed by atoms with van der Waals surface area (Å²) in [6.45, 7) is 10.7. The summed E-state index contributed by atoms with van der Waals surface area (Å²) in [6.07, 6.45) is 1.70. The van der Waals surface area contributed by atoms with Crippen molar-refractivity contribution in [2.75, 3.05) is 11.4 Å². The number of nitrogens with two attached hydrogens (primary N) is 1. The molecule has 21 heavy (non-hydrogen) atoms. The second-order valence-electron chi connectivity index (χ2n) is 6.27. The second-order valence-corrected chi connectivity index (χ2v) is 6.27. The molecule has 0 radical (unpaired) electrons. The molecule has 2 N–H and O–H groups in total. The van der Waals surface area contributed by atoms with Gasteiger partial charge in [-0.2, -0.15) is 0 Å². The first-order valence-electron chi connectivity index (χ1n) is 7.43. The minimum absolute atomic E-state index is 0.00399. The van der Waals surface area contributed by atoms with Crippen molar-refractivity contribution in [2.45, 2.75) is 46.2 Å². The van der Waals surface area contributed by atoms with E-state index >= 15 is 0 Å². The van der Waals surface area contributed by atoms with Crippen LogP contribution < -0.4 is 10.6 Å². The largest absolute Gasteiger partial charge is 0.467 e. The lowest BCUT2D eigenvalue weighted by atomic mass is 9.90. The summed E-state index contributed by atoms with van der Waals surface area (Å²) >= 11 is 0. The zero-order valence-electron chi connectivity index (χ0n) is 13.4. The fraction of sp³-hybridized carbons (Fsp3) is 0.471. The third kappa shape index (κ3) is 3.85. The molecular weight excluding hydrogens is 262 g/mol. The molecule has 0 aliphatic heterocycles. The normalized spacial score (nSPS) is 11.7. The molecule has 2 rings (SSSR count). The van der Waals surface area contributed by atoms with Gasteiger partial charge in [0.15, 0.2) is 0 Å². The maximum atomic E-state index is 5.84. The predicted octanol–water partition coefficient (Wildman–Crippen LogP) is 3.46. The number of hydrogen-bond donors (Lipinski definition) is 1. The van der Waals surface area contributed by atoms with E-state index in [1.54, 1.807) is 6.26 Å². The Hall–Kier alpha value is -1.81. The van der Waals surface area contributed by atoms with Gasteiger partial charge in [0.05, 0.1) is 12.8 Å². The van der Waals surface area contributed by atoms with E-state index in [1.165, 1.54) is 0 Å². The van der Waals surface area contributed by atoms with Crippen molar-refractivity contribution in [3.63, 3.8) is 0 Å². The molecular formula is C17H25N3O. The van der Waals surface area contributed by atoms with Gasteiger partial charge in [0.1, 0.15) is 11.6 Å². The van der Waals surface area contributed by atoms with E-state index in [9.17, 15) is 0 Å². The van der Waals surface area contributed by atoms with E-state index in [4.69, 9.17) is 15.1 Å². The van der Waals surface area contributed by atoms with E-state index in [0.29, 0.717) is 13.1 Å². The first kappa shape index (κ1) is 15.6. The van der Waals surface area contributed by atoms with Crippen LogP contribution in [0.25, 0.3) is 0 Å². The smallest absolute Gasteiger partial charge is 0.129 e. The van der Waals surface area contributed by atoms with Crippen LogP contribution in [0.15, 0.2) is 34.9 Å². The monoisotopic (exact) mass is 287 g/mol. The molecule has 0 atom stereocenters. The van der Waals surface area contributed by atoms with E-state index in [0.717, 1.165) is 29.4 Å². The molecule has 0 aliphatic rings. The average molecular weight is 287 g/mol. The topological polar surface area (TPSA) is 55.3 Å². The summed E-state index contributed by atoms with van der Waals surface area (Å²) in [5.74, 6) is 1.90. The van der Waals surface area contributed by atoms with Gasteiger partial charge < -0.3 is 15.1 Å². The molecule has 114 valence electrons. The number of nitrogens with zero attached hydrogens (tertiary/aromatic N) is 2. The van der Waals surface area contributed by atoms with Crippen molar-refractivity contribution in [3.8, 4) is 0 Å². The highest BCUT2D eigenvalue weighted by Gasteiger charge is 2.19. The summed E-state index contributed by atoms with van der Waals surface area (Å²) in [4.78, 5) is 7.03. The average Bonchev–Trinajstić information content (AvgIpc) is 2.96. The summed E-state index contributed by atoms with van der Waals surface area (Å²) in [5.41, 5.74) is 8.03. The molecule has 0 bridgehead atoms. The van der Waals surface area contributed by atoms with Gasteiger partial charge in [-0.25, -0.2) is 4.98 Å². The Morgan fingerprint density at radius 1 is 1.29 bits per heavy atom. The maximum absolute atomic E-state index is 5.84. The third-order valence-corrected chi connectivity index (χ3v) is 3.51. The molecule has 0 aromatic carbocycles. The highest BCUT2D eigenvalue weighted by Crippen LogP contribution is 2.25. The van der Waals surface area contributed by atoms with Crippen LogP contribution in [0.5, 0.6) is 0 Å². The Balaban J connectivity index is 2.35. The Morgan fingerprint density at radius 2 is 2.05 bits per heavy atom. The van der Waals surface area contributed by atoms with E-state index in [2.05, 4.69) is 44.7 Å². The first-order chi connectivity index (χ1) is 9.94. The van der Waals surface area contributed by atoms with Gasteiger partial charge in [0, 0.05) is 24.2 Å². The molecule has 4 nitrogen and oxygen atoms in total. The molecule has 2 aromatic heterocycles. The number of anilines is 1. The number of pyridine rings is 1. The lowest BCUT2D eigenvalue weighted by molar-refractivity contribution is 0.502. The van der Waals surface area contributed by atoms with Crippen molar-refractivity contribution in [1.82, 2.24) is 4.98 Å². The second kappa shape index (κ2) is 6.31. The molecule has 0 spiro atoms. The van der Waals surface area contributed by atoms with Crippen LogP contribution in [0, 0.1) is 0 Å². The Kier molecular flexibility index (Phi) is 4.68. The van der Waals surface area contributed by atoms with Gasteiger partial charge in [-0.3, -0.25) is 0 Å². The zero-order chi connectivity index (χ0) is 15.5. The SMILES string of the molecule is CCN(Cc1ccco1)c1cc(CN)cc(C(C)(C)C)n1. The number of rotatable bonds is 5. The number of furan rings is 1. The maximum Gasteiger partial charge on any atom is 0.129 e. The lowest BCUT2D eigenvalue weighted by Crippen LogP contribution is -2.25. The van der Waals surface area contributed by atoms with Gasteiger partial charge in [-0.1, -0.05) is 20.8 Å². The predicted molar refractivity (Wildman–Crippen MR) is 86.3 cm³/mol.